The summed E-state index contributed by atoms with van der Waals surface area (Å²) in [7, 11) is 1.82. The molecule has 2 N–H and O–H groups in total. The second kappa shape index (κ2) is 10.6. The van der Waals surface area contributed by atoms with E-state index in [-0.39, 0.29) is 6.10 Å². The van der Waals surface area contributed by atoms with Crippen molar-refractivity contribution in [3.8, 4) is 5.75 Å². The van der Waals surface area contributed by atoms with Crippen molar-refractivity contribution in [1.82, 2.24) is 20.4 Å². The summed E-state index contributed by atoms with van der Waals surface area (Å²) in [6.07, 6.45) is 1.08. The first-order valence-electron chi connectivity index (χ1n) is 11.5. The molecule has 31 heavy (non-hydrogen) atoms. The first-order chi connectivity index (χ1) is 15.2. The molecule has 0 bridgehead atoms. The number of likely N-dealkylation sites (N-methyl/N-ethyl adjacent to an activating group) is 1. The minimum atomic E-state index is 0.144. The lowest BCUT2D eigenvalue weighted by atomic mass is 10.1. The van der Waals surface area contributed by atoms with Gasteiger partial charge in [-0.05, 0) is 29.3 Å². The molecule has 1 unspecified atom stereocenters. The predicted molar refractivity (Wildman–Crippen MR) is 127 cm³/mol. The molecule has 4 rings (SSSR count). The zero-order chi connectivity index (χ0) is 21.5. The number of fused-ring (bicyclic) bond motifs is 1. The van der Waals surface area contributed by atoms with E-state index in [4.69, 9.17) is 4.74 Å². The third-order valence-corrected chi connectivity index (χ3v) is 6.31. The van der Waals surface area contributed by atoms with Gasteiger partial charge in [0.1, 0.15) is 11.9 Å². The summed E-state index contributed by atoms with van der Waals surface area (Å²) in [5.74, 6) is 1.82. The minimum absolute atomic E-state index is 0.144. The quantitative estimate of drug-likeness (QED) is 0.531. The van der Waals surface area contributed by atoms with Crippen LogP contribution in [0.15, 0.2) is 53.5 Å². The lowest BCUT2D eigenvalue weighted by Gasteiger charge is -2.34. The lowest BCUT2D eigenvalue weighted by Crippen LogP contribution is -2.45. The molecule has 6 heteroatoms. The molecule has 2 heterocycles. The van der Waals surface area contributed by atoms with Gasteiger partial charge in [-0.3, -0.25) is 9.89 Å². The van der Waals surface area contributed by atoms with Crippen molar-refractivity contribution in [2.24, 2.45) is 4.99 Å². The Bertz CT molecular complexity index is 851. The van der Waals surface area contributed by atoms with Crippen LogP contribution >= 0.6 is 0 Å². The van der Waals surface area contributed by atoms with E-state index in [9.17, 15) is 0 Å². The molecule has 0 aliphatic carbocycles. The Hall–Kier alpha value is -2.57. The normalized spacial score (nSPS) is 19.7. The monoisotopic (exact) mass is 421 g/mol. The van der Waals surface area contributed by atoms with E-state index in [0.29, 0.717) is 0 Å². The molecular weight excluding hydrogens is 386 g/mol. The summed E-state index contributed by atoms with van der Waals surface area (Å²) in [5, 5.41) is 6.91. The van der Waals surface area contributed by atoms with Crippen molar-refractivity contribution in [2.75, 3.05) is 46.3 Å². The summed E-state index contributed by atoms with van der Waals surface area (Å²) >= 11 is 0. The van der Waals surface area contributed by atoms with Gasteiger partial charge >= 0.3 is 0 Å². The Morgan fingerprint density at radius 3 is 2.42 bits per heavy atom. The molecule has 1 atom stereocenters. The number of guanidine groups is 1. The summed E-state index contributed by atoms with van der Waals surface area (Å²) in [6.45, 7) is 10.5. The highest BCUT2D eigenvalue weighted by atomic mass is 16.5. The topological polar surface area (TPSA) is 52.1 Å². The number of benzene rings is 2. The van der Waals surface area contributed by atoms with E-state index in [1.165, 1.54) is 29.8 Å². The van der Waals surface area contributed by atoms with E-state index >= 15 is 0 Å². The first-order valence-corrected chi connectivity index (χ1v) is 11.5. The molecule has 2 aliphatic rings. The SMILES string of the molecule is CCN1CCN(Cc2ccccc2CNC(=NC)NCC2Cc3ccccc3O2)CC1. The molecular formula is C25H35N5O. The average Bonchev–Trinajstić information content (AvgIpc) is 3.23. The van der Waals surface area contributed by atoms with Crippen molar-refractivity contribution in [1.29, 1.82) is 0 Å². The summed E-state index contributed by atoms with van der Waals surface area (Å²) < 4.78 is 6.03. The Labute approximate surface area is 186 Å². The summed E-state index contributed by atoms with van der Waals surface area (Å²) in [6, 6.07) is 17.0. The van der Waals surface area contributed by atoms with Crippen LogP contribution in [0.25, 0.3) is 0 Å². The van der Waals surface area contributed by atoms with Gasteiger partial charge < -0.3 is 20.3 Å². The van der Waals surface area contributed by atoms with Gasteiger partial charge in [0.05, 0.1) is 6.54 Å². The minimum Gasteiger partial charge on any atom is -0.488 e. The maximum atomic E-state index is 6.03. The highest BCUT2D eigenvalue weighted by Crippen LogP contribution is 2.27. The van der Waals surface area contributed by atoms with Gasteiger partial charge in [-0.2, -0.15) is 0 Å². The molecule has 0 aromatic heterocycles. The van der Waals surface area contributed by atoms with E-state index in [1.807, 2.05) is 19.2 Å². The smallest absolute Gasteiger partial charge is 0.191 e. The van der Waals surface area contributed by atoms with Crippen molar-refractivity contribution in [3.05, 3.63) is 65.2 Å². The molecule has 0 saturated carbocycles. The summed E-state index contributed by atoms with van der Waals surface area (Å²) in [5.41, 5.74) is 4.00. The zero-order valence-corrected chi connectivity index (χ0v) is 18.8. The van der Waals surface area contributed by atoms with Crippen LogP contribution in [0.1, 0.15) is 23.6 Å². The van der Waals surface area contributed by atoms with E-state index in [1.54, 1.807) is 0 Å². The largest absolute Gasteiger partial charge is 0.488 e. The fourth-order valence-corrected chi connectivity index (χ4v) is 4.37. The second-order valence-electron chi connectivity index (χ2n) is 8.34. The van der Waals surface area contributed by atoms with Crippen molar-refractivity contribution in [3.63, 3.8) is 0 Å². The van der Waals surface area contributed by atoms with Crippen LogP contribution in [0.3, 0.4) is 0 Å². The van der Waals surface area contributed by atoms with Gasteiger partial charge in [0, 0.05) is 52.7 Å². The lowest BCUT2D eigenvalue weighted by molar-refractivity contribution is 0.131. The third kappa shape index (κ3) is 5.77. The van der Waals surface area contributed by atoms with Gasteiger partial charge in [-0.1, -0.05) is 49.4 Å². The number of piperazine rings is 1. The van der Waals surface area contributed by atoms with Crippen molar-refractivity contribution < 1.29 is 4.74 Å². The molecule has 0 amide bonds. The molecule has 166 valence electrons. The van der Waals surface area contributed by atoms with E-state index < -0.39 is 0 Å². The Kier molecular flexibility index (Phi) is 7.43. The van der Waals surface area contributed by atoms with Gasteiger partial charge in [0.15, 0.2) is 5.96 Å². The Morgan fingerprint density at radius 1 is 0.968 bits per heavy atom. The van der Waals surface area contributed by atoms with Crippen LogP contribution in [-0.2, 0) is 19.5 Å². The van der Waals surface area contributed by atoms with Crippen LogP contribution < -0.4 is 15.4 Å². The molecule has 1 saturated heterocycles. The number of ether oxygens (including phenoxy) is 1. The Morgan fingerprint density at radius 2 is 1.68 bits per heavy atom. The highest BCUT2D eigenvalue weighted by Gasteiger charge is 2.22. The number of rotatable bonds is 7. The van der Waals surface area contributed by atoms with Gasteiger partial charge in [0.25, 0.3) is 0 Å². The number of hydrogen-bond donors (Lipinski definition) is 2. The van der Waals surface area contributed by atoms with Crippen LogP contribution in [0.5, 0.6) is 5.75 Å². The molecule has 6 nitrogen and oxygen atoms in total. The van der Waals surface area contributed by atoms with E-state index in [2.05, 4.69) is 68.7 Å². The number of hydrogen-bond acceptors (Lipinski definition) is 4. The maximum Gasteiger partial charge on any atom is 0.191 e. The fourth-order valence-electron chi connectivity index (χ4n) is 4.37. The summed E-state index contributed by atoms with van der Waals surface area (Å²) in [4.78, 5) is 9.48. The molecule has 2 aromatic carbocycles. The van der Waals surface area contributed by atoms with Crippen LogP contribution in [0, 0.1) is 0 Å². The third-order valence-electron chi connectivity index (χ3n) is 6.31. The number of nitrogens with one attached hydrogen (secondary N) is 2. The van der Waals surface area contributed by atoms with E-state index in [0.717, 1.165) is 57.4 Å². The highest BCUT2D eigenvalue weighted by molar-refractivity contribution is 5.79. The number of nitrogens with zero attached hydrogens (tertiary/aromatic N) is 3. The average molecular weight is 422 g/mol. The Balaban J connectivity index is 1.26. The van der Waals surface area contributed by atoms with Gasteiger partial charge in [0.2, 0.25) is 0 Å². The zero-order valence-electron chi connectivity index (χ0n) is 18.8. The fraction of sp³-hybridized carbons (Fsp3) is 0.480. The molecule has 2 aliphatic heterocycles. The van der Waals surface area contributed by atoms with Crippen molar-refractivity contribution in [2.45, 2.75) is 32.5 Å². The van der Waals surface area contributed by atoms with Gasteiger partial charge in [-0.15, -0.1) is 0 Å². The second-order valence-corrected chi connectivity index (χ2v) is 8.34. The number of para-hydroxylation sites is 1. The molecule has 1 fully saturated rings. The van der Waals surface area contributed by atoms with Crippen LogP contribution in [0.4, 0.5) is 0 Å². The van der Waals surface area contributed by atoms with Crippen molar-refractivity contribution >= 4 is 5.96 Å². The molecule has 0 spiro atoms. The molecule has 0 radical (unpaired) electrons. The molecule has 2 aromatic rings. The standard InChI is InChI=1S/C25H35N5O/c1-3-29-12-14-30(15-13-29)19-22-10-5-4-9-21(22)17-27-25(26-2)28-18-23-16-20-8-6-7-11-24(20)31-23/h4-11,23H,3,12-19H2,1-2H3,(H2,26,27,28). The first kappa shape index (κ1) is 21.7. The maximum absolute atomic E-state index is 6.03. The van der Waals surface area contributed by atoms with Crippen LogP contribution in [0.2, 0.25) is 0 Å². The number of aliphatic imine (C=N–C) groups is 1. The van der Waals surface area contributed by atoms with Crippen LogP contribution in [-0.4, -0.2) is 68.2 Å². The predicted octanol–water partition coefficient (Wildman–Crippen LogP) is 2.49. The van der Waals surface area contributed by atoms with Gasteiger partial charge in [-0.25, -0.2) is 0 Å².